The number of hydrogen-bond donors (Lipinski definition) is 2. The Balaban J connectivity index is 2.99. The summed E-state index contributed by atoms with van der Waals surface area (Å²) < 4.78 is 23.8. The third-order valence-corrected chi connectivity index (χ3v) is 2.24. The number of hydrogen-bond acceptors (Lipinski definition) is 5. The maximum absolute atomic E-state index is 10.7. The molecule has 1 aliphatic heterocycles. The molecule has 3 amide bonds. The SMILES string of the molecule is N=NS(=O)(=O)N1CC(=O)NC1=O. The highest BCUT2D eigenvalue weighted by molar-refractivity contribution is 7.88. The highest BCUT2D eigenvalue weighted by Crippen LogP contribution is 2.06. The summed E-state index contributed by atoms with van der Waals surface area (Å²) in [5.41, 5.74) is 6.23. The lowest BCUT2D eigenvalue weighted by Crippen LogP contribution is -2.32. The van der Waals surface area contributed by atoms with E-state index in [4.69, 9.17) is 5.53 Å². The number of imide groups is 1. The van der Waals surface area contributed by atoms with Crippen LogP contribution >= 0.6 is 0 Å². The van der Waals surface area contributed by atoms with E-state index in [2.05, 4.69) is 4.52 Å². The smallest absolute Gasteiger partial charge is 0.275 e. The van der Waals surface area contributed by atoms with Crippen LogP contribution in [0.3, 0.4) is 0 Å². The predicted octanol–water partition coefficient (Wildman–Crippen LogP) is -1.19. The molecule has 2 N–H and O–H groups in total. The normalized spacial score (nSPS) is 17.8. The quantitative estimate of drug-likeness (QED) is 0.422. The lowest BCUT2D eigenvalue weighted by molar-refractivity contribution is -0.118. The van der Waals surface area contributed by atoms with Crippen LogP contribution in [-0.4, -0.2) is 31.2 Å². The largest absolute Gasteiger partial charge is 0.365 e. The van der Waals surface area contributed by atoms with Gasteiger partial charge in [0.2, 0.25) is 5.91 Å². The highest BCUT2D eigenvalue weighted by atomic mass is 32.2. The Labute approximate surface area is 67.2 Å². The van der Waals surface area contributed by atoms with Crippen molar-refractivity contribution in [2.24, 2.45) is 4.52 Å². The van der Waals surface area contributed by atoms with Crippen LogP contribution < -0.4 is 5.32 Å². The Morgan fingerprint density at radius 3 is 2.42 bits per heavy atom. The number of amides is 3. The molecule has 1 saturated heterocycles. The summed E-state index contributed by atoms with van der Waals surface area (Å²) in [5, 5.41) is 1.73. The lowest BCUT2D eigenvalue weighted by Gasteiger charge is -2.06. The van der Waals surface area contributed by atoms with Crippen LogP contribution in [0.2, 0.25) is 0 Å². The number of carbonyl (C=O) groups excluding carboxylic acids is 2. The first-order valence-electron chi connectivity index (χ1n) is 2.72. The van der Waals surface area contributed by atoms with Gasteiger partial charge in [0, 0.05) is 0 Å². The van der Waals surface area contributed by atoms with E-state index in [-0.39, 0.29) is 4.31 Å². The van der Waals surface area contributed by atoms with Gasteiger partial charge in [0.1, 0.15) is 6.54 Å². The maximum atomic E-state index is 10.7. The van der Waals surface area contributed by atoms with Crippen LogP contribution in [0.25, 0.3) is 0 Å². The van der Waals surface area contributed by atoms with Crippen molar-refractivity contribution < 1.29 is 18.0 Å². The van der Waals surface area contributed by atoms with Crippen LogP contribution in [0, 0.1) is 5.53 Å². The predicted molar refractivity (Wildman–Crippen MR) is 34.3 cm³/mol. The number of urea groups is 1. The van der Waals surface area contributed by atoms with Gasteiger partial charge in [-0.25, -0.2) is 4.79 Å². The second kappa shape index (κ2) is 2.52. The molecule has 0 aliphatic carbocycles. The summed E-state index contributed by atoms with van der Waals surface area (Å²) in [6, 6.07) is -1.07. The van der Waals surface area contributed by atoms with E-state index < -0.39 is 28.7 Å². The minimum absolute atomic E-state index is 0.183. The third kappa shape index (κ3) is 1.25. The van der Waals surface area contributed by atoms with Crippen LogP contribution in [0.5, 0.6) is 0 Å². The van der Waals surface area contributed by atoms with E-state index in [0.717, 1.165) is 0 Å². The van der Waals surface area contributed by atoms with E-state index in [1.54, 1.807) is 5.32 Å². The van der Waals surface area contributed by atoms with Gasteiger partial charge < -0.3 is 0 Å². The molecule has 0 saturated carbocycles. The number of carbonyl (C=O) groups is 2. The van der Waals surface area contributed by atoms with Gasteiger partial charge in [-0.3, -0.25) is 10.1 Å². The van der Waals surface area contributed by atoms with Gasteiger partial charge in [-0.05, 0) is 4.52 Å². The van der Waals surface area contributed by atoms with E-state index >= 15 is 0 Å². The Morgan fingerprint density at radius 1 is 1.50 bits per heavy atom. The van der Waals surface area contributed by atoms with Crippen LogP contribution in [-0.2, 0) is 15.0 Å². The summed E-state index contributed by atoms with van der Waals surface area (Å²) in [6.07, 6.45) is 0. The molecule has 0 aromatic rings. The van der Waals surface area contributed by atoms with Crippen LogP contribution in [0.1, 0.15) is 0 Å². The molecule has 12 heavy (non-hydrogen) atoms. The van der Waals surface area contributed by atoms with Crippen molar-refractivity contribution in [2.45, 2.75) is 0 Å². The molecule has 66 valence electrons. The summed E-state index contributed by atoms with van der Waals surface area (Å²) in [5.74, 6) is -0.729. The lowest BCUT2D eigenvalue weighted by atomic mass is 10.7. The topological polar surface area (TPSA) is 120 Å². The Kier molecular flexibility index (Phi) is 1.80. The summed E-state index contributed by atoms with van der Waals surface area (Å²) in [7, 11) is -4.29. The van der Waals surface area contributed by atoms with Gasteiger partial charge in [-0.1, -0.05) is 0 Å². The third-order valence-electron chi connectivity index (χ3n) is 1.15. The number of rotatable bonds is 2. The van der Waals surface area contributed by atoms with Crippen molar-refractivity contribution >= 4 is 22.1 Å². The van der Waals surface area contributed by atoms with Crippen molar-refractivity contribution in [2.75, 3.05) is 6.54 Å². The summed E-state index contributed by atoms with van der Waals surface area (Å²) in [6.45, 7) is -0.608. The van der Waals surface area contributed by atoms with E-state index in [0.29, 0.717) is 0 Å². The minimum atomic E-state index is -4.29. The molecule has 1 aliphatic rings. The van der Waals surface area contributed by atoms with E-state index in [1.165, 1.54) is 0 Å². The first kappa shape index (κ1) is 8.59. The first-order valence-corrected chi connectivity index (χ1v) is 4.12. The van der Waals surface area contributed by atoms with Gasteiger partial charge in [-0.2, -0.15) is 18.3 Å². The van der Waals surface area contributed by atoms with Crippen molar-refractivity contribution in [1.29, 1.82) is 5.53 Å². The zero-order valence-corrected chi connectivity index (χ0v) is 6.46. The van der Waals surface area contributed by atoms with Gasteiger partial charge in [0.05, 0.1) is 0 Å². The van der Waals surface area contributed by atoms with Crippen molar-refractivity contribution in [3.63, 3.8) is 0 Å². The molecule has 0 aromatic carbocycles. The van der Waals surface area contributed by atoms with Crippen molar-refractivity contribution in [3.05, 3.63) is 0 Å². The molecule has 0 unspecified atom stereocenters. The average Bonchev–Trinajstić information content (AvgIpc) is 2.31. The molecule has 0 bridgehead atoms. The Morgan fingerprint density at radius 2 is 2.08 bits per heavy atom. The molecule has 0 atom stereocenters. The summed E-state index contributed by atoms with van der Waals surface area (Å²) >= 11 is 0. The van der Waals surface area contributed by atoms with Gasteiger partial charge in [0.15, 0.2) is 0 Å². The minimum Gasteiger partial charge on any atom is -0.275 e. The molecule has 0 aromatic heterocycles. The number of nitrogens with zero attached hydrogens (tertiary/aromatic N) is 2. The molecule has 9 heteroatoms. The number of nitrogens with one attached hydrogen (secondary N) is 2. The molecule has 1 rings (SSSR count). The Hall–Kier alpha value is -1.51. The molecule has 0 spiro atoms. The molecule has 8 nitrogen and oxygen atoms in total. The van der Waals surface area contributed by atoms with E-state index in [1.807, 2.05) is 0 Å². The second-order valence-corrected chi connectivity index (χ2v) is 3.45. The zero-order chi connectivity index (χ0) is 9.35. The standard InChI is InChI=1S/C3H4N4O4S/c4-6-12(10,11)7-1-2(8)5-3(7)9/h4H,1H2,(H,5,8,9). The molecule has 1 fully saturated rings. The zero-order valence-electron chi connectivity index (χ0n) is 5.64. The van der Waals surface area contributed by atoms with Crippen LogP contribution in [0.15, 0.2) is 4.52 Å². The molecule has 1 heterocycles. The average molecular weight is 192 g/mol. The van der Waals surface area contributed by atoms with Gasteiger partial charge >= 0.3 is 16.2 Å². The molecular weight excluding hydrogens is 188 g/mol. The second-order valence-electron chi connectivity index (χ2n) is 1.93. The fraction of sp³-hybridized carbons (Fsp3) is 0.333. The van der Waals surface area contributed by atoms with E-state index in [9.17, 15) is 18.0 Å². The molecule has 0 radical (unpaired) electrons. The monoisotopic (exact) mass is 192 g/mol. The summed E-state index contributed by atoms with van der Waals surface area (Å²) in [4.78, 5) is 21.1. The Bertz CT molecular complexity index is 345. The van der Waals surface area contributed by atoms with Crippen LogP contribution in [0.4, 0.5) is 4.79 Å². The highest BCUT2D eigenvalue weighted by Gasteiger charge is 2.36. The van der Waals surface area contributed by atoms with Gasteiger partial charge in [-0.15, -0.1) is 0 Å². The van der Waals surface area contributed by atoms with Gasteiger partial charge in [0.25, 0.3) is 0 Å². The fourth-order valence-corrected chi connectivity index (χ4v) is 1.29. The maximum Gasteiger partial charge on any atom is 0.365 e. The fourth-order valence-electron chi connectivity index (χ4n) is 0.659. The molecular formula is C3H4N4O4S. The van der Waals surface area contributed by atoms with Crippen molar-refractivity contribution in [1.82, 2.24) is 9.62 Å². The first-order chi connectivity index (χ1) is 5.47. The van der Waals surface area contributed by atoms with Crippen molar-refractivity contribution in [3.8, 4) is 0 Å².